The number of para-hydroxylation sites is 1. The molecule has 0 amide bonds. The third kappa shape index (κ3) is 4.48. The number of nitrogen functional groups attached to an aromatic ring is 1. The molecule has 3 aromatic rings. The van der Waals surface area contributed by atoms with E-state index in [4.69, 9.17) is 28.9 Å². The lowest BCUT2D eigenvalue weighted by molar-refractivity contribution is 0.552. The molecule has 0 aliphatic rings. The number of benzene rings is 2. The molecular weight excluding hydrogens is 452 g/mol. The molecule has 0 saturated heterocycles. The number of anilines is 1. The standard InChI is InChI=1S/C19H18Cl2FN5O2S/c1-19(2,3)17-16(18(23)27(26-17)11-7-5-4-6-8-11)25-24-14-9-13(21)15(10-12(14)20)30(22,28)29/h4-10H,23H2,1-3H3/b25-24+. The Morgan fingerprint density at radius 1 is 1.07 bits per heavy atom. The fraction of sp³-hybridized carbons (Fsp3) is 0.211. The molecule has 2 aromatic carbocycles. The van der Waals surface area contributed by atoms with Crippen LogP contribution in [0.25, 0.3) is 5.69 Å². The first-order valence-electron chi connectivity index (χ1n) is 8.69. The number of aromatic nitrogens is 2. The molecule has 30 heavy (non-hydrogen) atoms. The molecular formula is C19H18Cl2FN5O2S. The fourth-order valence-corrected chi connectivity index (χ4v) is 3.93. The van der Waals surface area contributed by atoms with Crippen molar-refractivity contribution >= 4 is 50.6 Å². The van der Waals surface area contributed by atoms with Crippen LogP contribution < -0.4 is 5.73 Å². The quantitative estimate of drug-likeness (QED) is 0.366. The SMILES string of the molecule is CC(C)(C)c1nn(-c2ccccc2)c(N)c1/N=N/c1cc(Cl)c(S(=O)(=O)F)cc1Cl. The van der Waals surface area contributed by atoms with Crippen LogP contribution in [0.5, 0.6) is 0 Å². The monoisotopic (exact) mass is 469 g/mol. The summed E-state index contributed by atoms with van der Waals surface area (Å²) in [5, 5.41) is 12.4. The summed E-state index contributed by atoms with van der Waals surface area (Å²) in [7, 11) is -5.02. The summed E-state index contributed by atoms with van der Waals surface area (Å²) in [5.41, 5.74) is 7.63. The minimum absolute atomic E-state index is 0.0563. The van der Waals surface area contributed by atoms with Gasteiger partial charge in [0.2, 0.25) is 0 Å². The van der Waals surface area contributed by atoms with Crippen LogP contribution in [0, 0.1) is 0 Å². The zero-order chi connectivity index (χ0) is 22.3. The van der Waals surface area contributed by atoms with E-state index in [9.17, 15) is 12.3 Å². The zero-order valence-corrected chi connectivity index (χ0v) is 18.6. The van der Waals surface area contributed by atoms with E-state index < -0.39 is 20.5 Å². The van der Waals surface area contributed by atoms with Crippen LogP contribution in [0.15, 0.2) is 57.6 Å². The predicted molar refractivity (Wildman–Crippen MR) is 116 cm³/mol. The number of hydrogen-bond acceptors (Lipinski definition) is 6. The number of rotatable bonds is 4. The molecule has 7 nitrogen and oxygen atoms in total. The average Bonchev–Trinajstić information content (AvgIpc) is 2.98. The van der Waals surface area contributed by atoms with Crippen LogP contribution >= 0.6 is 23.2 Å². The number of hydrogen-bond donors (Lipinski definition) is 1. The summed E-state index contributed by atoms with van der Waals surface area (Å²) in [5.74, 6) is 0.264. The highest BCUT2D eigenvalue weighted by Gasteiger charge is 2.27. The molecule has 0 saturated carbocycles. The molecule has 0 atom stereocenters. The summed E-state index contributed by atoms with van der Waals surface area (Å²) in [6, 6.07) is 11.3. The van der Waals surface area contributed by atoms with Gasteiger partial charge in [-0.05, 0) is 24.3 Å². The lowest BCUT2D eigenvalue weighted by Crippen LogP contribution is -2.13. The van der Waals surface area contributed by atoms with Gasteiger partial charge in [-0.15, -0.1) is 14.1 Å². The highest BCUT2D eigenvalue weighted by atomic mass is 35.5. The van der Waals surface area contributed by atoms with Gasteiger partial charge >= 0.3 is 10.2 Å². The number of halogens is 3. The predicted octanol–water partition coefficient (Wildman–Crippen LogP) is 6.13. The first-order chi connectivity index (χ1) is 13.9. The van der Waals surface area contributed by atoms with Crippen molar-refractivity contribution in [3.05, 3.63) is 58.2 Å². The van der Waals surface area contributed by atoms with E-state index in [1.54, 1.807) is 4.68 Å². The second-order valence-electron chi connectivity index (χ2n) is 7.45. The van der Waals surface area contributed by atoms with Gasteiger partial charge in [0.25, 0.3) is 0 Å². The van der Waals surface area contributed by atoms with E-state index in [0.717, 1.165) is 17.8 Å². The van der Waals surface area contributed by atoms with Crippen molar-refractivity contribution in [3.8, 4) is 5.69 Å². The molecule has 158 valence electrons. The van der Waals surface area contributed by atoms with E-state index in [1.807, 2.05) is 51.1 Å². The molecule has 0 aliphatic heterocycles. The van der Waals surface area contributed by atoms with E-state index in [-0.39, 0.29) is 21.6 Å². The van der Waals surface area contributed by atoms with Gasteiger partial charge < -0.3 is 5.73 Å². The molecule has 2 N–H and O–H groups in total. The van der Waals surface area contributed by atoms with E-state index in [2.05, 4.69) is 15.3 Å². The summed E-state index contributed by atoms with van der Waals surface area (Å²) in [4.78, 5) is -0.736. The second kappa shape index (κ2) is 7.98. The number of nitrogens with zero attached hydrogens (tertiary/aromatic N) is 4. The number of nitrogens with two attached hydrogens (primary N) is 1. The second-order valence-corrected chi connectivity index (χ2v) is 9.58. The molecule has 0 radical (unpaired) electrons. The first-order valence-corrected chi connectivity index (χ1v) is 10.8. The Morgan fingerprint density at radius 3 is 2.27 bits per heavy atom. The van der Waals surface area contributed by atoms with Crippen molar-refractivity contribution in [3.63, 3.8) is 0 Å². The largest absolute Gasteiger partial charge is 0.382 e. The van der Waals surface area contributed by atoms with Crippen LogP contribution in [-0.4, -0.2) is 18.2 Å². The van der Waals surface area contributed by atoms with Crippen LogP contribution in [-0.2, 0) is 15.6 Å². The van der Waals surface area contributed by atoms with Crippen LogP contribution in [0.1, 0.15) is 26.5 Å². The minimum Gasteiger partial charge on any atom is -0.382 e. The Bertz CT molecular complexity index is 1240. The van der Waals surface area contributed by atoms with Gasteiger partial charge in [0.15, 0.2) is 11.5 Å². The smallest absolute Gasteiger partial charge is 0.333 e. The summed E-state index contributed by atoms with van der Waals surface area (Å²) in [6.45, 7) is 5.86. The summed E-state index contributed by atoms with van der Waals surface area (Å²) >= 11 is 11.9. The first kappa shape index (κ1) is 22.2. The molecule has 0 aliphatic carbocycles. The Balaban J connectivity index is 2.12. The van der Waals surface area contributed by atoms with Gasteiger partial charge in [-0.2, -0.15) is 13.5 Å². The van der Waals surface area contributed by atoms with Crippen LogP contribution in [0.3, 0.4) is 0 Å². The fourth-order valence-electron chi connectivity index (χ4n) is 2.68. The van der Waals surface area contributed by atoms with Crippen molar-refractivity contribution < 1.29 is 12.3 Å². The van der Waals surface area contributed by atoms with Crippen molar-refractivity contribution in [1.82, 2.24) is 9.78 Å². The van der Waals surface area contributed by atoms with Crippen molar-refractivity contribution in [1.29, 1.82) is 0 Å². The van der Waals surface area contributed by atoms with Gasteiger partial charge in [0.1, 0.15) is 10.6 Å². The Hall–Kier alpha value is -2.49. The third-order valence-electron chi connectivity index (χ3n) is 4.13. The van der Waals surface area contributed by atoms with Gasteiger partial charge in [-0.1, -0.05) is 62.2 Å². The molecule has 0 fully saturated rings. The Kier molecular flexibility index (Phi) is 5.90. The zero-order valence-electron chi connectivity index (χ0n) is 16.3. The van der Waals surface area contributed by atoms with Crippen molar-refractivity contribution in [2.75, 3.05) is 5.73 Å². The Morgan fingerprint density at radius 2 is 1.70 bits per heavy atom. The van der Waals surface area contributed by atoms with Crippen molar-refractivity contribution in [2.24, 2.45) is 10.2 Å². The molecule has 1 heterocycles. The number of azo groups is 1. The molecule has 0 spiro atoms. The summed E-state index contributed by atoms with van der Waals surface area (Å²) in [6.07, 6.45) is 0. The molecule has 0 bridgehead atoms. The third-order valence-corrected chi connectivity index (χ3v) is 5.72. The molecule has 11 heteroatoms. The molecule has 3 rings (SSSR count). The maximum absolute atomic E-state index is 13.3. The highest BCUT2D eigenvalue weighted by molar-refractivity contribution is 7.86. The average molecular weight is 470 g/mol. The topological polar surface area (TPSA) is 103 Å². The summed E-state index contributed by atoms with van der Waals surface area (Å²) < 4.78 is 37.1. The minimum atomic E-state index is -5.02. The maximum Gasteiger partial charge on any atom is 0.333 e. The molecule has 0 unspecified atom stereocenters. The van der Waals surface area contributed by atoms with Gasteiger partial charge in [-0.3, -0.25) is 0 Å². The van der Waals surface area contributed by atoms with Gasteiger partial charge in [0.05, 0.1) is 21.4 Å². The molecule has 1 aromatic heterocycles. The van der Waals surface area contributed by atoms with Gasteiger partial charge in [0, 0.05) is 5.41 Å². The van der Waals surface area contributed by atoms with Crippen LogP contribution in [0.4, 0.5) is 21.1 Å². The van der Waals surface area contributed by atoms with E-state index >= 15 is 0 Å². The highest BCUT2D eigenvalue weighted by Crippen LogP contribution is 2.40. The normalized spacial score (nSPS) is 12.6. The lowest BCUT2D eigenvalue weighted by atomic mass is 9.91. The van der Waals surface area contributed by atoms with E-state index in [0.29, 0.717) is 11.4 Å². The maximum atomic E-state index is 13.3. The van der Waals surface area contributed by atoms with Crippen molar-refractivity contribution in [2.45, 2.75) is 31.1 Å². The van der Waals surface area contributed by atoms with E-state index in [1.165, 1.54) is 0 Å². The lowest BCUT2D eigenvalue weighted by Gasteiger charge is -2.15. The van der Waals surface area contributed by atoms with Gasteiger partial charge in [-0.25, -0.2) is 4.68 Å². The van der Waals surface area contributed by atoms with Crippen LogP contribution in [0.2, 0.25) is 10.0 Å². The Labute approximate surface area is 183 Å².